The van der Waals surface area contributed by atoms with E-state index in [1.54, 1.807) is 0 Å². The van der Waals surface area contributed by atoms with E-state index in [2.05, 4.69) is 74.3 Å². The Morgan fingerprint density at radius 3 is 2.76 bits per heavy atom. The summed E-state index contributed by atoms with van der Waals surface area (Å²) in [7, 11) is 0. The zero-order valence-corrected chi connectivity index (χ0v) is 23.0. The molecule has 2 aliphatic heterocycles. The number of fused-ring (bicyclic) bond motifs is 3. The maximum absolute atomic E-state index is 13.0. The average molecular weight is 514 g/mol. The van der Waals surface area contributed by atoms with Gasteiger partial charge in [0.15, 0.2) is 0 Å². The molecule has 192 valence electrons. The van der Waals surface area contributed by atoms with Crippen LogP contribution in [-0.4, -0.2) is 41.0 Å². The number of para-hydroxylation sites is 1. The summed E-state index contributed by atoms with van der Waals surface area (Å²) in [5.74, 6) is 1.62. The predicted molar refractivity (Wildman–Crippen MR) is 152 cm³/mol. The second-order valence-corrected chi connectivity index (χ2v) is 12.6. The zero-order chi connectivity index (χ0) is 25.7. The number of pyridine rings is 1. The minimum atomic E-state index is -0.112. The summed E-state index contributed by atoms with van der Waals surface area (Å²) in [5.41, 5.74) is 5.95. The van der Waals surface area contributed by atoms with Gasteiger partial charge < -0.3 is 10.1 Å². The van der Waals surface area contributed by atoms with Crippen molar-refractivity contribution >= 4 is 38.4 Å². The summed E-state index contributed by atoms with van der Waals surface area (Å²) >= 11 is 1.49. The number of carbonyl (C=O) groups is 1. The van der Waals surface area contributed by atoms with Crippen LogP contribution < -0.4 is 10.1 Å². The fourth-order valence-corrected chi connectivity index (χ4v) is 6.87. The molecule has 2 aromatic carbocycles. The first kappa shape index (κ1) is 24.4. The molecule has 0 radical (unpaired) electrons. The normalized spacial score (nSPS) is 17.7. The number of carbonyl (C=O) groups excluding carboxylic acids is 1. The number of thiophene rings is 1. The van der Waals surface area contributed by atoms with Crippen molar-refractivity contribution < 1.29 is 9.53 Å². The molecule has 0 atom stereocenters. The van der Waals surface area contributed by atoms with Crippen molar-refractivity contribution in [2.75, 3.05) is 19.6 Å². The van der Waals surface area contributed by atoms with Crippen LogP contribution in [0.25, 0.3) is 21.1 Å². The van der Waals surface area contributed by atoms with E-state index in [1.165, 1.54) is 33.6 Å². The van der Waals surface area contributed by atoms with E-state index in [0.29, 0.717) is 5.92 Å². The lowest BCUT2D eigenvalue weighted by molar-refractivity contribution is 0.0938. The molecule has 0 unspecified atom stereocenters. The molecule has 2 aliphatic rings. The quantitative estimate of drug-likeness (QED) is 0.334. The first-order chi connectivity index (χ1) is 17.7. The van der Waals surface area contributed by atoms with Crippen molar-refractivity contribution in [3.63, 3.8) is 0 Å². The Morgan fingerprint density at radius 1 is 1.14 bits per heavy atom. The molecule has 0 aliphatic carbocycles. The molecule has 1 saturated heterocycles. The maximum atomic E-state index is 13.0. The molecule has 1 amide bonds. The van der Waals surface area contributed by atoms with E-state index in [9.17, 15) is 4.79 Å². The topological polar surface area (TPSA) is 54.5 Å². The second kappa shape index (κ2) is 9.41. The van der Waals surface area contributed by atoms with Crippen LogP contribution in [0.2, 0.25) is 0 Å². The van der Waals surface area contributed by atoms with Crippen LogP contribution in [0.5, 0.6) is 5.75 Å². The number of nitrogens with one attached hydrogen (secondary N) is 1. The average Bonchev–Trinajstić information content (AvgIpc) is 3.41. The second-order valence-electron chi connectivity index (χ2n) is 11.5. The van der Waals surface area contributed by atoms with Crippen LogP contribution in [0.1, 0.15) is 58.6 Å². The van der Waals surface area contributed by atoms with Gasteiger partial charge in [0.2, 0.25) is 0 Å². The smallest absolute Gasteiger partial charge is 0.261 e. The molecule has 6 rings (SSSR count). The van der Waals surface area contributed by atoms with Gasteiger partial charge in [0, 0.05) is 35.8 Å². The lowest BCUT2D eigenvalue weighted by atomic mass is 9.96. The van der Waals surface area contributed by atoms with Crippen molar-refractivity contribution in [1.82, 2.24) is 15.2 Å². The summed E-state index contributed by atoms with van der Waals surface area (Å²) < 4.78 is 6.27. The van der Waals surface area contributed by atoms with Gasteiger partial charge in [-0.3, -0.25) is 9.69 Å². The first-order valence-electron chi connectivity index (χ1n) is 13.4. The van der Waals surface area contributed by atoms with Crippen molar-refractivity contribution in [3.8, 4) is 5.75 Å². The summed E-state index contributed by atoms with van der Waals surface area (Å²) in [6, 6.07) is 15.0. The molecule has 1 N–H and O–H groups in total. The van der Waals surface area contributed by atoms with Gasteiger partial charge in [0.05, 0.1) is 10.4 Å². The van der Waals surface area contributed by atoms with E-state index in [4.69, 9.17) is 9.72 Å². The summed E-state index contributed by atoms with van der Waals surface area (Å²) in [4.78, 5) is 22.0. The van der Waals surface area contributed by atoms with Crippen molar-refractivity contribution in [2.45, 2.75) is 59.1 Å². The van der Waals surface area contributed by atoms with E-state index in [0.717, 1.165) is 77.2 Å². The minimum absolute atomic E-state index is 0.0157. The summed E-state index contributed by atoms with van der Waals surface area (Å²) in [6.07, 6.45) is 3.17. The largest absolute Gasteiger partial charge is 0.487 e. The Hall–Kier alpha value is -2.96. The first-order valence-corrected chi connectivity index (χ1v) is 14.2. The van der Waals surface area contributed by atoms with E-state index in [-0.39, 0.29) is 11.5 Å². The zero-order valence-electron chi connectivity index (χ0n) is 22.2. The number of benzene rings is 2. The molecule has 0 saturated carbocycles. The highest BCUT2D eigenvalue weighted by molar-refractivity contribution is 7.20. The number of nitrogens with zero attached hydrogens (tertiary/aromatic N) is 2. The van der Waals surface area contributed by atoms with E-state index < -0.39 is 0 Å². The van der Waals surface area contributed by atoms with Crippen LogP contribution in [-0.2, 0) is 13.0 Å². The van der Waals surface area contributed by atoms with Crippen molar-refractivity contribution in [3.05, 3.63) is 69.6 Å². The highest BCUT2D eigenvalue weighted by Gasteiger charge is 2.32. The Morgan fingerprint density at radius 2 is 1.95 bits per heavy atom. The van der Waals surface area contributed by atoms with Gasteiger partial charge in [-0.1, -0.05) is 29.8 Å². The van der Waals surface area contributed by atoms with Crippen LogP contribution in [0.15, 0.2) is 42.5 Å². The van der Waals surface area contributed by atoms with Gasteiger partial charge in [-0.15, -0.1) is 11.3 Å². The number of piperidine rings is 1. The van der Waals surface area contributed by atoms with Gasteiger partial charge in [-0.25, -0.2) is 4.98 Å². The Balaban J connectivity index is 1.05. The molecule has 4 heterocycles. The van der Waals surface area contributed by atoms with Crippen LogP contribution in [0, 0.1) is 19.8 Å². The molecule has 2 aromatic heterocycles. The van der Waals surface area contributed by atoms with Gasteiger partial charge in [-0.2, -0.15) is 0 Å². The van der Waals surface area contributed by atoms with Crippen molar-refractivity contribution in [1.29, 1.82) is 0 Å². The minimum Gasteiger partial charge on any atom is -0.487 e. The monoisotopic (exact) mass is 513 g/mol. The van der Waals surface area contributed by atoms with Crippen molar-refractivity contribution in [2.24, 2.45) is 5.92 Å². The maximum Gasteiger partial charge on any atom is 0.261 e. The third-order valence-electron chi connectivity index (χ3n) is 7.79. The number of amides is 1. The SMILES string of the molecule is Cc1cc(C)c2nc3sc(C(=O)NCC4CCN(Cc5cccc6c5OC(C)(C)C6)CC4)cc3cc2c1. The number of hydrogen-bond donors (Lipinski definition) is 1. The van der Waals surface area contributed by atoms with Crippen LogP contribution >= 0.6 is 11.3 Å². The van der Waals surface area contributed by atoms with Crippen LogP contribution in [0.3, 0.4) is 0 Å². The summed E-state index contributed by atoms with van der Waals surface area (Å²) in [5, 5.41) is 5.38. The van der Waals surface area contributed by atoms with Gasteiger partial charge in [-0.05, 0) is 88.9 Å². The molecule has 5 nitrogen and oxygen atoms in total. The highest BCUT2D eigenvalue weighted by atomic mass is 32.1. The van der Waals surface area contributed by atoms with E-state index >= 15 is 0 Å². The van der Waals surface area contributed by atoms with Gasteiger partial charge in [0.25, 0.3) is 5.91 Å². The van der Waals surface area contributed by atoms with E-state index in [1.807, 2.05) is 6.07 Å². The standard InChI is InChI=1S/C31H35N3O2S/c1-19-12-20(2)27-24(13-19)14-25-15-26(37-30(25)33-27)29(35)32-17-21-8-10-34(11-9-21)18-23-7-5-6-22-16-31(3,4)36-28(22)23/h5-7,12-15,21H,8-11,16-18H2,1-4H3,(H,32,35). The highest BCUT2D eigenvalue weighted by Crippen LogP contribution is 2.38. The molecular formula is C31H35N3O2S. The van der Waals surface area contributed by atoms with Crippen LogP contribution in [0.4, 0.5) is 0 Å². The predicted octanol–water partition coefficient (Wildman–Crippen LogP) is 6.42. The molecule has 6 heteroatoms. The Labute approximate surface area is 222 Å². The number of rotatable bonds is 5. The number of likely N-dealkylation sites (tertiary alicyclic amines) is 1. The fraction of sp³-hybridized carbons (Fsp3) is 0.419. The Kier molecular flexibility index (Phi) is 6.20. The molecule has 0 spiro atoms. The third-order valence-corrected chi connectivity index (χ3v) is 8.83. The molecule has 1 fully saturated rings. The lowest BCUT2D eigenvalue weighted by Gasteiger charge is -2.32. The number of ether oxygens (including phenoxy) is 1. The number of hydrogen-bond acceptors (Lipinski definition) is 5. The molecule has 4 aromatic rings. The molecule has 37 heavy (non-hydrogen) atoms. The number of aromatic nitrogens is 1. The Bertz CT molecular complexity index is 1500. The van der Waals surface area contributed by atoms with Gasteiger partial charge >= 0.3 is 0 Å². The summed E-state index contributed by atoms with van der Waals surface area (Å²) in [6.45, 7) is 12.3. The lowest BCUT2D eigenvalue weighted by Crippen LogP contribution is -2.38. The molecule has 0 bridgehead atoms. The number of aryl methyl sites for hydroxylation is 2. The third kappa shape index (κ3) is 4.97. The molecular weight excluding hydrogens is 478 g/mol. The van der Waals surface area contributed by atoms with Gasteiger partial charge in [0.1, 0.15) is 16.2 Å². The fourth-order valence-electron chi connectivity index (χ4n) is 5.94.